The summed E-state index contributed by atoms with van der Waals surface area (Å²) in [5.74, 6) is 0.947. The van der Waals surface area contributed by atoms with Gasteiger partial charge in [0.25, 0.3) is 0 Å². The number of nitrogens with zero attached hydrogens (tertiary/aromatic N) is 3. The van der Waals surface area contributed by atoms with Crippen LogP contribution >= 0.6 is 0 Å². The maximum Gasteiger partial charge on any atom is 0.0120 e. The third kappa shape index (κ3) is 3.05. The lowest BCUT2D eigenvalue weighted by atomic mass is 9.93. The molecule has 0 saturated carbocycles. The molecule has 104 valence electrons. The highest BCUT2D eigenvalue weighted by Crippen LogP contribution is 2.25. The maximum absolute atomic E-state index is 3.43. The smallest absolute Gasteiger partial charge is 0.0120 e. The van der Waals surface area contributed by atoms with Crippen molar-refractivity contribution in [3.8, 4) is 0 Å². The molecule has 18 heavy (non-hydrogen) atoms. The first-order valence-corrected chi connectivity index (χ1v) is 7.67. The number of piperidine rings is 1. The zero-order valence-electron chi connectivity index (χ0n) is 11.8. The van der Waals surface area contributed by atoms with Crippen molar-refractivity contribution in [3.63, 3.8) is 0 Å². The number of nitrogens with one attached hydrogen (secondary N) is 1. The monoisotopic (exact) mass is 252 g/mol. The van der Waals surface area contributed by atoms with Gasteiger partial charge in [-0.05, 0) is 38.9 Å². The molecule has 0 aliphatic carbocycles. The van der Waals surface area contributed by atoms with Gasteiger partial charge in [-0.15, -0.1) is 0 Å². The van der Waals surface area contributed by atoms with Crippen molar-refractivity contribution >= 4 is 0 Å². The van der Waals surface area contributed by atoms with Gasteiger partial charge in [0.1, 0.15) is 0 Å². The van der Waals surface area contributed by atoms with E-state index in [1.807, 2.05) is 0 Å². The third-order valence-electron chi connectivity index (χ3n) is 4.92. The summed E-state index contributed by atoms with van der Waals surface area (Å²) in [5.41, 5.74) is 0. The van der Waals surface area contributed by atoms with Crippen molar-refractivity contribution in [3.05, 3.63) is 0 Å². The van der Waals surface area contributed by atoms with Crippen LogP contribution in [0.3, 0.4) is 0 Å². The Bertz CT molecular complexity index is 251. The zero-order valence-corrected chi connectivity index (χ0v) is 11.8. The van der Waals surface area contributed by atoms with Crippen molar-refractivity contribution in [2.75, 3.05) is 66.0 Å². The number of hydrogen-bond donors (Lipinski definition) is 1. The molecule has 0 spiro atoms. The highest BCUT2D eigenvalue weighted by molar-refractivity contribution is 4.89. The van der Waals surface area contributed by atoms with Gasteiger partial charge >= 0.3 is 0 Å². The Balaban J connectivity index is 1.35. The topological polar surface area (TPSA) is 21.8 Å². The van der Waals surface area contributed by atoms with Crippen LogP contribution in [0.4, 0.5) is 0 Å². The molecule has 3 aliphatic rings. The first kappa shape index (κ1) is 12.9. The van der Waals surface area contributed by atoms with E-state index in [9.17, 15) is 0 Å². The van der Waals surface area contributed by atoms with E-state index in [1.54, 1.807) is 0 Å². The third-order valence-corrected chi connectivity index (χ3v) is 4.92. The van der Waals surface area contributed by atoms with E-state index in [2.05, 4.69) is 27.1 Å². The summed E-state index contributed by atoms with van der Waals surface area (Å²) in [6.07, 6.45) is 2.77. The van der Waals surface area contributed by atoms with Crippen molar-refractivity contribution in [2.45, 2.75) is 18.9 Å². The van der Waals surface area contributed by atoms with E-state index < -0.39 is 0 Å². The van der Waals surface area contributed by atoms with E-state index in [4.69, 9.17) is 0 Å². The largest absolute Gasteiger partial charge is 0.314 e. The van der Waals surface area contributed by atoms with Gasteiger partial charge in [0.15, 0.2) is 0 Å². The molecule has 0 bridgehead atoms. The van der Waals surface area contributed by atoms with Crippen LogP contribution in [-0.2, 0) is 0 Å². The molecular formula is C14H28N4. The molecule has 0 unspecified atom stereocenters. The van der Waals surface area contributed by atoms with Gasteiger partial charge in [0.05, 0.1) is 0 Å². The highest BCUT2D eigenvalue weighted by Gasteiger charge is 2.34. The molecule has 0 atom stereocenters. The summed E-state index contributed by atoms with van der Waals surface area (Å²) in [4.78, 5) is 7.85. The summed E-state index contributed by atoms with van der Waals surface area (Å²) in [7, 11) is 2.25. The average Bonchev–Trinajstić information content (AvgIpc) is 2.36. The fourth-order valence-electron chi connectivity index (χ4n) is 3.64. The first-order chi connectivity index (χ1) is 8.81. The molecule has 0 aromatic carbocycles. The van der Waals surface area contributed by atoms with Gasteiger partial charge in [-0.3, -0.25) is 4.90 Å². The standard InChI is InChI=1S/C14H28N4/c1-16-6-2-14(3-7-16)18-11-13(12-18)10-17-8-4-15-5-9-17/h13-15H,2-12H2,1H3. The van der Waals surface area contributed by atoms with Crippen LogP contribution in [0.5, 0.6) is 0 Å². The van der Waals surface area contributed by atoms with Crippen molar-refractivity contribution in [1.29, 1.82) is 0 Å². The number of piperazine rings is 1. The summed E-state index contributed by atoms with van der Waals surface area (Å²) < 4.78 is 0. The molecule has 3 heterocycles. The van der Waals surface area contributed by atoms with E-state index in [0.29, 0.717) is 0 Å². The Labute approximate surface area is 111 Å². The summed E-state index contributed by atoms with van der Waals surface area (Å²) >= 11 is 0. The molecule has 1 N–H and O–H groups in total. The normalized spacial score (nSPS) is 30.5. The second-order valence-corrected chi connectivity index (χ2v) is 6.40. The quantitative estimate of drug-likeness (QED) is 0.758. The highest BCUT2D eigenvalue weighted by atomic mass is 15.3. The second kappa shape index (κ2) is 5.87. The van der Waals surface area contributed by atoms with Gasteiger partial charge in [-0.25, -0.2) is 0 Å². The lowest BCUT2D eigenvalue weighted by Gasteiger charge is -2.48. The second-order valence-electron chi connectivity index (χ2n) is 6.40. The number of rotatable bonds is 3. The lowest BCUT2D eigenvalue weighted by Crippen LogP contribution is -2.58. The first-order valence-electron chi connectivity index (χ1n) is 7.67. The van der Waals surface area contributed by atoms with Crippen LogP contribution in [0, 0.1) is 5.92 Å². The van der Waals surface area contributed by atoms with Gasteiger partial charge in [-0.2, -0.15) is 0 Å². The van der Waals surface area contributed by atoms with Crippen molar-refractivity contribution < 1.29 is 0 Å². The van der Waals surface area contributed by atoms with Gasteiger partial charge in [0.2, 0.25) is 0 Å². The van der Waals surface area contributed by atoms with Crippen LogP contribution in [0.1, 0.15) is 12.8 Å². The molecular weight excluding hydrogens is 224 g/mol. The predicted octanol–water partition coefficient (Wildman–Crippen LogP) is -0.0824. The van der Waals surface area contributed by atoms with Crippen LogP contribution in [0.25, 0.3) is 0 Å². The number of hydrogen-bond acceptors (Lipinski definition) is 4. The minimum absolute atomic E-state index is 0.889. The molecule has 0 aromatic rings. The van der Waals surface area contributed by atoms with Crippen molar-refractivity contribution in [1.82, 2.24) is 20.0 Å². The van der Waals surface area contributed by atoms with Crippen LogP contribution in [0.2, 0.25) is 0 Å². The van der Waals surface area contributed by atoms with Crippen molar-refractivity contribution in [2.24, 2.45) is 5.92 Å². The summed E-state index contributed by atoms with van der Waals surface area (Å²) in [6, 6.07) is 0.889. The van der Waals surface area contributed by atoms with Gasteiger partial charge in [-0.1, -0.05) is 0 Å². The lowest BCUT2D eigenvalue weighted by molar-refractivity contribution is 0.00636. The molecule has 3 fully saturated rings. The fourth-order valence-corrected chi connectivity index (χ4v) is 3.64. The minimum atomic E-state index is 0.889. The average molecular weight is 252 g/mol. The maximum atomic E-state index is 3.43. The molecule has 3 saturated heterocycles. The Hall–Kier alpha value is -0.160. The van der Waals surface area contributed by atoms with Crippen LogP contribution < -0.4 is 5.32 Å². The summed E-state index contributed by atoms with van der Waals surface area (Å²) in [6.45, 7) is 11.5. The molecule has 4 nitrogen and oxygen atoms in total. The molecule has 0 aromatic heterocycles. The summed E-state index contributed by atoms with van der Waals surface area (Å²) in [5, 5.41) is 3.43. The van der Waals surface area contributed by atoms with Gasteiger partial charge < -0.3 is 15.1 Å². The Morgan fingerprint density at radius 1 is 1.00 bits per heavy atom. The SMILES string of the molecule is CN1CCC(N2CC(CN3CCNCC3)C2)CC1. The Morgan fingerprint density at radius 2 is 1.67 bits per heavy atom. The Kier molecular flexibility index (Phi) is 4.19. The Morgan fingerprint density at radius 3 is 2.33 bits per heavy atom. The molecule has 3 rings (SSSR count). The number of likely N-dealkylation sites (tertiary alicyclic amines) is 2. The van der Waals surface area contributed by atoms with Gasteiger partial charge in [0, 0.05) is 51.9 Å². The van der Waals surface area contributed by atoms with E-state index >= 15 is 0 Å². The van der Waals surface area contributed by atoms with Crippen LogP contribution in [-0.4, -0.2) is 86.7 Å². The van der Waals surface area contributed by atoms with Crippen LogP contribution in [0.15, 0.2) is 0 Å². The molecule has 0 amide bonds. The molecule has 0 radical (unpaired) electrons. The predicted molar refractivity (Wildman–Crippen MR) is 74.9 cm³/mol. The van der Waals surface area contributed by atoms with E-state index in [-0.39, 0.29) is 0 Å². The minimum Gasteiger partial charge on any atom is -0.314 e. The van der Waals surface area contributed by atoms with E-state index in [1.165, 1.54) is 71.7 Å². The zero-order chi connectivity index (χ0) is 12.4. The fraction of sp³-hybridized carbons (Fsp3) is 1.00. The van der Waals surface area contributed by atoms with E-state index in [0.717, 1.165) is 12.0 Å². The molecule has 4 heteroatoms. The molecule has 3 aliphatic heterocycles.